The van der Waals surface area contributed by atoms with Gasteiger partial charge in [-0.3, -0.25) is 0 Å². The SMILES string of the molecule is CC(C)CNCc1cccc(Cl)c1N(C)CC(F)F. The van der Waals surface area contributed by atoms with Gasteiger partial charge in [0.1, 0.15) is 0 Å². The van der Waals surface area contributed by atoms with Gasteiger partial charge in [-0.1, -0.05) is 37.6 Å². The topological polar surface area (TPSA) is 15.3 Å². The van der Waals surface area contributed by atoms with Gasteiger partial charge in [0.25, 0.3) is 6.43 Å². The summed E-state index contributed by atoms with van der Waals surface area (Å²) in [5, 5.41) is 3.81. The zero-order valence-electron chi connectivity index (χ0n) is 11.6. The van der Waals surface area contributed by atoms with E-state index >= 15 is 0 Å². The van der Waals surface area contributed by atoms with Crippen LogP contribution < -0.4 is 10.2 Å². The molecule has 0 saturated carbocycles. The summed E-state index contributed by atoms with van der Waals surface area (Å²) in [6, 6.07) is 5.48. The summed E-state index contributed by atoms with van der Waals surface area (Å²) in [7, 11) is 1.64. The first-order valence-electron chi connectivity index (χ1n) is 6.39. The van der Waals surface area contributed by atoms with E-state index in [4.69, 9.17) is 11.6 Å². The van der Waals surface area contributed by atoms with Crippen molar-refractivity contribution in [2.75, 3.05) is 25.0 Å². The smallest absolute Gasteiger partial charge is 0.255 e. The monoisotopic (exact) mass is 290 g/mol. The summed E-state index contributed by atoms with van der Waals surface area (Å²) in [6.45, 7) is 5.43. The van der Waals surface area contributed by atoms with Gasteiger partial charge in [0, 0.05) is 13.6 Å². The lowest BCUT2D eigenvalue weighted by atomic mass is 10.1. The van der Waals surface area contributed by atoms with Crippen molar-refractivity contribution in [2.24, 2.45) is 5.92 Å². The van der Waals surface area contributed by atoms with E-state index in [0.29, 0.717) is 23.2 Å². The van der Waals surface area contributed by atoms with Gasteiger partial charge in [0.15, 0.2) is 0 Å². The molecule has 1 aromatic carbocycles. The average molecular weight is 291 g/mol. The van der Waals surface area contributed by atoms with E-state index in [0.717, 1.165) is 12.1 Å². The lowest BCUT2D eigenvalue weighted by Gasteiger charge is -2.23. The van der Waals surface area contributed by atoms with E-state index in [1.807, 2.05) is 12.1 Å². The maximum Gasteiger partial charge on any atom is 0.255 e. The highest BCUT2D eigenvalue weighted by molar-refractivity contribution is 6.33. The molecule has 0 aliphatic heterocycles. The average Bonchev–Trinajstić information content (AvgIpc) is 2.27. The van der Waals surface area contributed by atoms with Crippen molar-refractivity contribution in [3.8, 4) is 0 Å². The maximum absolute atomic E-state index is 12.5. The van der Waals surface area contributed by atoms with E-state index in [1.54, 1.807) is 13.1 Å². The van der Waals surface area contributed by atoms with Crippen molar-refractivity contribution in [3.05, 3.63) is 28.8 Å². The van der Waals surface area contributed by atoms with Gasteiger partial charge >= 0.3 is 0 Å². The predicted molar refractivity (Wildman–Crippen MR) is 77.3 cm³/mol. The van der Waals surface area contributed by atoms with E-state index in [-0.39, 0.29) is 6.54 Å². The lowest BCUT2D eigenvalue weighted by Crippen LogP contribution is -2.27. The first-order valence-corrected chi connectivity index (χ1v) is 6.77. The Bertz CT molecular complexity index is 397. The summed E-state index contributed by atoms with van der Waals surface area (Å²) >= 11 is 6.13. The highest BCUT2D eigenvalue weighted by atomic mass is 35.5. The van der Waals surface area contributed by atoms with Gasteiger partial charge in [0.05, 0.1) is 17.3 Å². The fourth-order valence-corrected chi connectivity index (χ4v) is 2.26. The third kappa shape index (κ3) is 5.33. The van der Waals surface area contributed by atoms with Gasteiger partial charge in [-0.15, -0.1) is 0 Å². The minimum absolute atomic E-state index is 0.319. The Morgan fingerprint density at radius 2 is 2.00 bits per heavy atom. The molecule has 0 saturated heterocycles. The van der Waals surface area contributed by atoms with Crippen LogP contribution in [0, 0.1) is 5.92 Å². The zero-order valence-corrected chi connectivity index (χ0v) is 12.3. The zero-order chi connectivity index (χ0) is 14.4. The largest absolute Gasteiger partial charge is 0.367 e. The highest BCUT2D eigenvalue weighted by Gasteiger charge is 2.15. The van der Waals surface area contributed by atoms with E-state index < -0.39 is 6.43 Å². The Morgan fingerprint density at radius 3 is 2.58 bits per heavy atom. The molecule has 19 heavy (non-hydrogen) atoms. The molecule has 0 heterocycles. The number of nitrogens with zero attached hydrogens (tertiary/aromatic N) is 1. The molecular formula is C14H21ClF2N2. The number of nitrogens with one attached hydrogen (secondary N) is 1. The van der Waals surface area contributed by atoms with Crippen molar-refractivity contribution in [1.82, 2.24) is 5.32 Å². The van der Waals surface area contributed by atoms with Crippen LogP contribution in [0.15, 0.2) is 18.2 Å². The number of alkyl halides is 2. The molecule has 1 N–H and O–H groups in total. The molecule has 1 rings (SSSR count). The molecule has 0 bridgehead atoms. The number of anilines is 1. The van der Waals surface area contributed by atoms with Crippen LogP contribution >= 0.6 is 11.6 Å². The molecule has 2 nitrogen and oxygen atoms in total. The number of halogens is 3. The van der Waals surface area contributed by atoms with Gasteiger partial charge in [0.2, 0.25) is 0 Å². The van der Waals surface area contributed by atoms with Crippen LogP contribution in [-0.4, -0.2) is 26.6 Å². The van der Waals surface area contributed by atoms with Crippen LogP contribution in [0.3, 0.4) is 0 Å². The van der Waals surface area contributed by atoms with Crippen molar-refractivity contribution >= 4 is 17.3 Å². The summed E-state index contributed by atoms with van der Waals surface area (Å²) in [6.07, 6.45) is -2.38. The quantitative estimate of drug-likeness (QED) is 0.822. The molecule has 0 aliphatic rings. The maximum atomic E-state index is 12.5. The van der Waals surface area contributed by atoms with Crippen molar-refractivity contribution in [3.63, 3.8) is 0 Å². The molecule has 5 heteroatoms. The van der Waals surface area contributed by atoms with Crippen LogP contribution in [0.2, 0.25) is 5.02 Å². The fraction of sp³-hybridized carbons (Fsp3) is 0.571. The van der Waals surface area contributed by atoms with E-state index in [9.17, 15) is 8.78 Å². The first kappa shape index (κ1) is 16.2. The third-order valence-electron chi connectivity index (χ3n) is 2.73. The van der Waals surface area contributed by atoms with Crippen LogP contribution in [0.25, 0.3) is 0 Å². The summed E-state index contributed by atoms with van der Waals surface area (Å²) in [5.74, 6) is 0.543. The second-order valence-electron chi connectivity index (χ2n) is 5.04. The molecule has 0 spiro atoms. The Labute approximate surface area is 118 Å². The first-order chi connectivity index (χ1) is 8.91. The molecule has 0 unspecified atom stereocenters. The van der Waals surface area contributed by atoms with Gasteiger partial charge in [-0.05, 0) is 24.1 Å². The number of rotatable bonds is 7. The van der Waals surface area contributed by atoms with Crippen LogP contribution in [0.1, 0.15) is 19.4 Å². The minimum Gasteiger partial charge on any atom is -0.367 e. The second kappa shape index (κ2) is 7.65. The predicted octanol–water partition coefficient (Wildman–Crippen LogP) is 3.79. The third-order valence-corrected chi connectivity index (χ3v) is 3.04. The van der Waals surface area contributed by atoms with Crippen molar-refractivity contribution < 1.29 is 8.78 Å². The van der Waals surface area contributed by atoms with Crippen LogP contribution in [-0.2, 0) is 6.54 Å². The van der Waals surface area contributed by atoms with Gasteiger partial charge < -0.3 is 10.2 Å². The summed E-state index contributed by atoms with van der Waals surface area (Å²) in [5.41, 5.74) is 1.62. The Morgan fingerprint density at radius 1 is 1.32 bits per heavy atom. The number of benzene rings is 1. The molecule has 0 fully saturated rings. The molecule has 108 valence electrons. The number of hydrogen-bond acceptors (Lipinski definition) is 2. The van der Waals surface area contributed by atoms with E-state index in [2.05, 4.69) is 19.2 Å². The molecule has 0 atom stereocenters. The molecule has 0 aliphatic carbocycles. The second-order valence-corrected chi connectivity index (χ2v) is 5.45. The van der Waals surface area contributed by atoms with Crippen LogP contribution in [0.4, 0.5) is 14.5 Å². The van der Waals surface area contributed by atoms with Crippen molar-refractivity contribution in [1.29, 1.82) is 0 Å². The fourth-order valence-electron chi connectivity index (χ4n) is 1.92. The number of para-hydroxylation sites is 1. The molecular weight excluding hydrogens is 270 g/mol. The van der Waals surface area contributed by atoms with Gasteiger partial charge in [-0.2, -0.15) is 0 Å². The lowest BCUT2D eigenvalue weighted by molar-refractivity contribution is 0.156. The minimum atomic E-state index is -2.38. The molecule has 0 aromatic heterocycles. The highest BCUT2D eigenvalue weighted by Crippen LogP contribution is 2.29. The summed E-state index contributed by atoms with van der Waals surface area (Å²) < 4.78 is 25.0. The summed E-state index contributed by atoms with van der Waals surface area (Å²) in [4.78, 5) is 1.51. The molecule has 1 aromatic rings. The Hall–Kier alpha value is -0.870. The molecule has 0 amide bonds. The molecule has 0 radical (unpaired) electrons. The Kier molecular flexibility index (Phi) is 6.52. The van der Waals surface area contributed by atoms with Crippen LogP contribution in [0.5, 0.6) is 0 Å². The Balaban J connectivity index is 2.82. The van der Waals surface area contributed by atoms with Gasteiger partial charge in [-0.25, -0.2) is 8.78 Å². The standard InChI is InChI=1S/C14H21ClF2N2/c1-10(2)7-18-8-11-5-4-6-12(15)14(11)19(3)9-13(16)17/h4-6,10,13,18H,7-9H2,1-3H3. The number of hydrogen-bond donors (Lipinski definition) is 1. The van der Waals surface area contributed by atoms with Crippen molar-refractivity contribution in [2.45, 2.75) is 26.8 Å². The normalized spacial score (nSPS) is 11.4. The van der Waals surface area contributed by atoms with E-state index in [1.165, 1.54) is 4.90 Å².